The number of aliphatic hydroxyl groups excluding tert-OH is 1. The molecule has 1 N–H and O–H groups in total. The Morgan fingerprint density at radius 2 is 1.65 bits per heavy atom. The number of ether oxygens (including phenoxy) is 1. The minimum Gasteiger partial charge on any atom is -0.507 e. The zero-order valence-electron chi connectivity index (χ0n) is 17.6. The standard InChI is InChI=1S/C25H17F4NO4/c1-34-17-11-9-14(10-12-17)22(31)20-21(18-7-2-3-8-19(18)26)30(24(33)23(20)32)16-6-4-5-15(13-16)25(27,28)29/h2-13,21,31H,1H3/b22-20-. The van der Waals surface area contributed by atoms with Crippen molar-refractivity contribution >= 4 is 23.1 Å². The topological polar surface area (TPSA) is 66.8 Å². The van der Waals surface area contributed by atoms with Gasteiger partial charge in [0.15, 0.2) is 0 Å². The van der Waals surface area contributed by atoms with Crippen molar-refractivity contribution in [3.8, 4) is 5.75 Å². The van der Waals surface area contributed by atoms with Gasteiger partial charge in [-0.05, 0) is 48.5 Å². The maximum absolute atomic E-state index is 14.8. The lowest BCUT2D eigenvalue weighted by Gasteiger charge is -2.26. The van der Waals surface area contributed by atoms with E-state index < -0.39 is 46.6 Å². The second-order valence-corrected chi connectivity index (χ2v) is 7.47. The first kappa shape index (κ1) is 23.0. The normalized spacial score (nSPS) is 17.8. The summed E-state index contributed by atoms with van der Waals surface area (Å²) in [6.07, 6.45) is -4.71. The second kappa shape index (κ2) is 8.66. The molecular weight excluding hydrogens is 454 g/mol. The van der Waals surface area contributed by atoms with E-state index in [4.69, 9.17) is 4.74 Å². The average Bonchev–Trinajstić information content (AvgIpc) is 3.08. The maximum Gasteiger partial charge on any atom is 0.416 e. The van der Waals surface area contributed by atoms with E-state index in [1.165, 1.54) is 55.6 Å². The Labute approximate surface area is 191 Å². The number of ketones is 1. The molecule has 174 valence electrons. The number of methoxy groups -OCH3 is 1. The molecule has 1 aliphatic heterocycles. The van der Waals surface area contributed by atoms with Crippen LogP contribution in [-0.2, 0) is 15.8 Å². The van der Waals surface area contributed by atoms with Crippen LogP contribution in [0.5, 0.6) is 5.75 Å². The molecule has 1 fully saturated rings. The molecule has 1 atom stereocenters. The summed E-state index contributed by atoms with van der Waals surface area (Å²) in [6, 6.07) is 13.4. The first-order chi connectivity index (χ1) is 16.1. The molecule has 1 amide bonds. The SMILES string of the molecule is COc1ccc(/C(O)=C2/C(=O)C(=O)N(c3cccc(C(F)(F)F)c3)C2c2ccccc2F)cc1. The van der Waals surface area contributed by atoms with Crippen molar-refractivity contribution in [1.82, 2.24) is 0 Å². The van der Waals surface area contributed by atoms with Gasteiger partial charge < -0.3 is 9.84 Å². The molecule has 5 nitrogen and oxygen atoms in total. The third kappa shape index (κ3) is 4.00. The summed E-state index contributed by atoms with van der Waals surface area (Å²) < 4.78 is 59.8. The molecular formula is C25H17F4NO4. The number of halogens is 4. The first-order valence-electron chi connectivity index (χ1n) is 10.0. The Hall–Kier alpha value is -4.14. The fourth-order valence-corrected chi connectivity index (χ4v) is 3.83. The highest BCUT2D eigenvalue weighted by molar-refractivity contribution is 6.51. The molecule has 0 aliphatic carbocycles. The Kier molecular flexibility index (Phi) is 5.87. The molecule has 9 heteroatoms. The zero-order chi connectivity index (χ0) is 24.6. The van der Waals surface area contributed by atoms with E-state index >= 15 is 0 Å². The molecule has 4 rings (SSSR count). The van der Waals surface area contributed by atoms with Crippen molar-refractivity contribution in [2.45, 2.75) is 12.2 Å². The average molecular weight is 471 g/mol. The number of hydrogen-bond acceptors (Lipinski definition) is 4. The van der Waals surface area contributed by atoms with Crippen LogP contribution in [0.25, 0.3) is 5.76 Å². The quantitative estimate of drug-likeness (QED) is 0.237. The Morgan fingerprint density at radius 1 is 0.971 bits per heavy atom. The van der Waals surface area contributed by atoms with Crippen LogP contribution in [0.3, 0.4) is 0 Å². The van der Waals surface area contributed by atoms with E-state index in [-0.39, 0.29) is 16.8 Å². The number of benzene rings is 3. The summed E-state index contributed by atoms with van der Waals surface area (Å²) in [6.45, 7) is 0. The van der Waals surface area contributed by atoms with Crippen LogP contribution in [0.2, 0.25) is 0 Å². The van der Waals surface area contributed by atoms with Crippen molar-refractivity contribution in [2.75, 3.05) is 12.0 Å². The molecule has 0 saturated carbocycles. The van der Waals surface area contributed by atoms with Crippen molar-refractivity contribution < 1.29 is 37.0 Å². The fraction of sp³-hybridized carbons (Fsp3) is 0.120. The highest BCUT2D eigenvalue weighted by Crippen LogP contribution is 2.44. The van der Waals surface area contributed by atoms with Gasteiger partial charge in [-0.3, -0.25) is 14.5 Å². The molecule has 1 unspecified atom stereocenters. The third-order valence-electron chi connectivity index (χ3n) is 5.46. The molecule has 1 saturated heterocycles. The molecule has 34 heavy (non-hydrogen) atoms. The van der Waals surface area contributed by atoms with Crippen molar-refractivity contribution in [3.05, 3.63) is 101 Å². The predicted molar refractivity (Wildman–Crippen MR) is 116 cm³/mol. The maximum atomic E-state index is 14.8. The molecule has 0 spiro atoms. The van der Waals surface area contributed by atoms with E-state index in [1.807, 2.05) is 0 Å². The Morgan fingerprint density at radius 3 is 2.26 bits per heavy atom. The fourth-order valence-electron chi connectivity index (χ4n) is 3.83. The number of nitrogens with zero attached hydrogens (tertiary/aromatic N) is 1. The molecule has 0 bridgehead atoms. The monoisotopic (exact) mass is 471 g/mol. The molecule has 1 heterocycles. The van der Waals surface area contributed by atoms with Crippen LogP contribution in [0, 0.1) is 5.82 Å². The van der Waals surface area contributed by atoms with Crippen LogP contribution >= 0.6 is 0 Å². The van der Waals surface area contributed by atoms with Gasteiger partial charge in [0.2, 0.25) is 0 Å². The Bertz CT molecular complexity index is 1300. The highest BCUT2D eigenvalue weighted by atomic mass is 19.4. The van der Waals surface area contributed by atoms with Crippen LogP contribution in [0.4, 0.5) is 23.2 Å². The van der Waals surface area contributed by atoms with E-state index in [0.29, 0.717) is 11.8 Å². The summed E-state index contributed by atoms with van der Waals surface area (Å²) in [5, 5.41) is 11.0. The lowest BCUT2D eigenvalue weighted by molar-refractivity contribution is -0.137. The lowest BCUT2D eigenvalue weighted by Crippen LogP contribution is -2.30. The molecule has 3 aromatic rings. The van der Waals surface area contributed by atoms with Gasteiger partial charge in [0, 0.05) is 16.8 Å². The number of hydrogen-bond donors (Lipinski definition) is 1. The van der Waals surface area contributed by atoms with Gasteiger partial charge in [0.1, 0.15) is 17.3 Å². The number of carbonyl (C=O) groups excluding carboxylic acids is 2. The number of alkyl halides is 3. The van der Waals surface area contributed by atoms with E-state index in [0.717, 1.165) is 23.1 Å². The minimum atomic E-state index is -4.71. The van der Waals surface area contributed by atoms with E-state index in [1.54, 1.807) is 0 Å². The Balaban J connectivity index is 1.95. The first-order valence-corrected chi connectivity index (χ1v) is 10.0. The number of aliphatic hydroxyl groups is 1. The summed E-state index contributed by atoms with van der Waals surface area (Å²) in [7, 11) is 1.44. The van der Waals surface area contributed by atoms with E-state index in [9.17, 15) is 32.3 Å². The van der Waals surface area contributed by atoms with Gasteiger partial charge in [-0.2, -0.15) is 13.2 Å². The third-order valence-corrected chi connectivity index (χ3v) is 5.46. The van der Waals surface area contributed by atoms with Crippen LogP contribution in [0.1, 0.15) is 22.7 Å². The number of rotatable bonds is 4. The van der Waals surface area contributed by atoms with Gasteiger partial charge in [0.05, 0.1) is 24.3 Å². The minimum absolute atomic E-state index is 0.143. The number of carbonyl (C=O) groups is 2. The zero-order valence-corrected chi connectivity index (χ0v) is 17.6. The number of amides is 1. The smallest absolute Gasteiger partial charge is 0.416 e. The number of Topliss-reactive ketones (excluding diaryl/α,β-unsaturated/α-hetero) is 1. The molecule has 0 aromatic heterocycles. The summed E-state index contributed by atoms with van der Waals surface area (Å²) in [5.74, 6) is -3.27. The van der Waals surface area contributed by atoms with Gasteiger partial charge in [-0.1, -0.05) is 24.3 Å². The van der Waals surface area contributed by atoms with Crippen molar-refractivity contribution in [1.29, 1.82) is 0 Å². The summed E-state index contributed by atoms with van der Waals surface area (Å²) in [4.78, 5) is 26.8. The second-order valence-electron chi connectivity index (χ2n) is 7.47. The predicted octanol–water partition coefficient (Wildman–Crippen LogP) is 5.48. The number of anilines is 1. The van der Waals surface area contributed by atoms with Crippen LogP contribution in [0.15, 0.2) is 78.4 Å². The van der Waals surface area contributed by atoms with Gasteiger partial charge in [-0.25, -0.2) is 4.39 Å². The van der Waals surface area contributed by atoms with Gasteiger partial charge in [0.25, 0.3) is 11.7 Å². The van der Waals surface area contributed by atoms with Crippen LogP contribution < -0.4 is 9.64 Å². The lowest BCUT2D eigenvalue weighted by atomic mass is 9.94. The molecule has 1 aliphatic rings. The van der Waals surface area contributed by atoms with Crippen molar-refractivity contribution in [3.63, 3.8) is 0 Å². The van der Waals surface area contributed by atoms with Crippen LogP contribution in [-0.4, -0.2) is 23.9 Å². The largest absolute Gasteiger partial charge is 0.507 e. The highest BCUT2D eigenvalue weighted by Gasteiger charge is 2.48. The van der Waals surface area contributed by atoms with Gasteiger partial charge in [-0.15, -0.1) is 0 Å². The van der Waals surface area contributed by atoms with Crippen molar-refractivity contribution in [2.24, 2.45) is 0 Å². The molecule has 0 radical (unpaired) electrons. The van der Waals surface area contributed by atoms with E-state index in [2.05, 4.69) is 0 Å². The summed E-state index contributed by atoms with van der Waals surface area (Å²) >= 11 is 0. The molecule has 3 aromatic carbocycles. The summed E-state index contributed by atoms with van der Waals surface area (Å²) in [5.41, 5.74) is -1.77. The van der Waals surface area contributed by atoms with Gasteiger partial charge >= 0.3 is 6.18 Å².